The van der Waals surface area contributed by atoms with E-state index in [-0.39, 0.29) is 12.4 Å². The summed E-state index contributed by atoms with van der Waals surface area (Å²) in [5.41, 5.74) is -0.735. The van der Waals surface area contributed by atoms with Crippen LogP contribution in [0.4, 0.5) is 13.2 Å². The SMILES string of the molecule is Cl.O=C(NCC[C@H]1CCCN1)c1c(F)cc(F)cc1F. The van der Waals surface area contributed by atoms with Gasteiger partial charge in [-0.05, 0) is 25.8 Å². The number of nitrogens with one attached hydrogen (secondary N) is 2. The van der Waals surface area contributed by atoms with Crippen molar-refractivity contribution < 1.29 is 18.0 Å². The molecule has 1 aromatic carbocycles. The lowest BCUT2D eigenvalue weighted by Gasteiger charge is -2.11. The lowest BCUT2D eigenvalue weighted by Crippen LogP contribution is -2.31. The number of amides is 1. The zero-order valence-electron chi connectivity index (χ0n) is 10.7. The van der Waals surface area contributed by atoms with Crippen molar-refractivity contribution in [3.8, 4) is 0 Å². The normalized spacial score (nSPS) is 17.6. The van der Waals surface area contributed by atoms with Crippen LogP contribution in [-0.4, -0.2) is 25.0 Å². The zero-order valence-corrected chi connectivity index (χ0v) is 11.5. The topological polar surface area (TPSA) is 41.1 Å². The van der Waals surface area contributed by atoms with Gasteiger partial charge in [0.2, 0.25) is 0 Å². The first-order valence-electron chi connectivity index (χ1n) is 6.24. The maximum Gasteiger partial charge on any atom is 0.257 e. The Morgan fingerprint density at radius 2 is 1.95 bits per heavy atom. The van der Waals surface area contributed by atoms with E-state index in [1.165, 1.54) is 0 Å². The second-order valence-electron chi connectivity index (χ2n) is 4.58. The molecule has 2 N–H and O–H groups in total. The van der Waals surface area contributed by atoms with Crippen LogP contribution in [0.2, 0.25) is 0 Å². The average Bonchev–Trinajstić information content (AvgIpc) is 2.80. The van der Waals surface area contributed by atoms with E-state index in [1.54, 1.807) is 0 Å². The van der Waals surface area contributed by atoms with Crippen molar-refractivity contribution in [2.45, 2.75) is 25.3 Å². The molecule has 112 valence electrons. The smallest absolute Gasteiger partial charge is 0.257 e. The van der Waals surface area contributed by atoms with Gasteiger partial charge in [-0.2, -0.15) is 0 Å². The molecular formula is C13H16ClF3N2O. The molecule has 1 fully saturated rings. The molecule has 1 heterocycles. The standard InChI is InChI=1S/C13H15F3N2O.ClH/c14-8-6-10(15)12(11(16)7-8)13(19)18-5-3-9-2-1-4-17-9;/h6-7,9,17H,1-5H2,(H,18,19);1H/t9-;/m1./s1. The van der Waals surface area contributed by atoms with Gasteiger partial charge in [0.15, 0.2) is 0 Å². The predicted molar refractivity (Wildman–Crippen MR) is 71.5 cm³/mol. The molecule has 0 spiro atoms. The van der Waals surface area contributed by atoms with E-state index in [0.29, 0.717) is 31.1 Å². The molecule has 2 rings (SSSR count). The van der Waals surface area contributed by atoms with Crippen molar-refractivity contribution >= 4 is 18.3 Å². The van der Waals surface area contributed by atoms with E-state index in [2.05, 4.69) is 10.6 Å². The van der Waals surface area contributed by atoms with Crippen LogP contribution in [0.3, 0.4) is 0 Å². The third-order valence-corrected chi connectivity index (χ3v) is 3.17. The molecule has 0 saturated carbocycles. The lowest BCUT2D eigenvalue weighted by atomic mass is 10.1. The minimum absolute atomic E-state index is 0. The third kappa shape index (κ3) is 4.11. The summed E-state index contributed by atoms with van der Waals surface area (Å²) in [7, 11) is 0. The summed E-state index contributed by atoms with van der Waals surface area (Å²) in [5.74, 6) is -4.27. The van der Waals surface area contributed by atoms with E-state index in [4.69, 9.17) is 0 Å². The highest BCUT2D eigenvalue weighted by molar-refractivity contribution is 5.94. The van der Waals surface area contributed by atoms with Gasteiger partial charge < -0.3 is 10.6 Å². The van der Waals surface area contributed by atoms with E-state index >= 15 is 0 Å². The van der Waals surface area contributed by atoms with Crippen molar-refractivity contribution in [3.05, 3.63) is 35.1 Å². The second-order valence-corrected chi connectivity index (χ2v) is 4.58. The van der Waals surface area contributed by atoms with Crippen LogP contribution in [-0.2, 0) is 0 Å². The fourth-order valence-corrected chi connectivity index (χ4v) is 2.21. The Morgan fingerprint density at radius 1 is 1.30 bits per heavy atom. The summed E-state index contributed by atoms with van der Waals surface area (Å²) in [4.78, 5) is 11.6. The number of hydrogen-bond donors (Lipinski definition) is 2. The van der Waals surface area contributed by atoms with Gasteiger partial charge in [-0.1, -0.05) is 0 Å². The van der Waals surface area contributed by atoms with Crippen LogP contribution in [0, 0.1) is 17.5 Å². The summed E-state index contributed by atoms with van der Waals surface area (Å²) in [5, 5.41) is 5.70. The highest BCUT2D eigenvalue weighted by Gasteiger charge is 2.19. The van der Waals surface area contributed by atoms with Crippen LogP contribution >= 0.6 is 12.4 Å². The first kappa shape index (κ1) is 16.8. The van der Waals surface area contributed by atoms with Crippen LogP contribution in [0.5, 0.6) is 0 Å². The number of halogens is 4. The van der Waals surface area contributed by atoms with Gasteiger partial charge in [0.05, 0.1) is 0 Å². The summed E-state index contributed by atoms with van der Waals surface area (Å²) in [6.45, 7) is 1.28. The Morgan fingerprint density at radius 3 is 2.50 bits per heavy atom. The Balaban J connectivity index is 0.00000200. The Bertz CT molecular complexity index is 456. The number of carbonyl (C=O) groups is 1. The Hall–Kier alpha value is -1.27. The molecule has 3 nitrogen and oxygen atoms in total. The van der Waals surface area contributed by atoms with Gasteiger partial charge in [0.1, 0.15) is 23.0 Å². The maximum atomic E-state index is 13.3. The molecule has 1 atom stereocenters. The molecule has 0 bridgehead atoms. The molecule has 1 aliphatic rings. The Labute approximate surface area is 121 Å². The van der Waals surface area contributed by atoms with E-state index < -0.39 is 28.9 Å². The summed E-state index contributed by atoms with van der Waals surface area (Å²) < 4.78 is 39.4. The van der Waals surface area contributed by atoms with Gasteiger partial charge in [-0.3, -0.25) is 4.79 Å². The fraction of sp³-hybridized carbons (Fsp3) is 0.462. The summed E-state index contributed by atoms with van der Waals surface area (Å²) in [6, 6.07) is 1.33. The minimum Gasteiger partial charge on any atom is -0.352 e. The van der Waals surface area contributed by atoms with Crippen LogP contribution in [0.15, 0.2) is 12.1 Å². The fourth-order valence-electron chi connectivity index (χ4n) is 2.21. The van der Waals surface area contributed by atoms with Gasteiger partial charge in [-0.15, -0.1) is 12.4 Å². The summed E-state index contributed by atoms with van der Waals surface area (Å²) in [6.07, 6.45) is 2.84. The highest BCUT2D eigenvalue weighted by atomic mass is 35.5. The van der Waals surface area contributed by atoms with E-state index in [1.807, 2.05) is 0 Å². The van der Waals surface area contributed by atoms with Gasteiger partial charge in [0, 0.05) is 24.7 Å². The molecule has 7 heteroatoms. The van der Waals surface area contributed by atoms with Crippen molar-refractivity contribution in [2.75, 3.05) is 13.1 Å². The molecule has 0 aromatic heterocycles. The monoisotopic (exact) mass is 308 g/mol. The first-order valence-corrected chi connectivity index (χ1v) is 6.24. The van der Waals surface area contributed by atoms with E-state index in [9.17, 15) is 18.0 Å². The average molecular weight is 309 g/mol. The van der Waals surface area contributed by atoms with Crippen molar-refractivity contribution in [3.63, 3.8) is 0 Å². The van der Waals surface area contributed by atoms with Crippen LogP contribution < -0.4 is 10.6 Å². The van der Waals surface area contributed by atoms with Crippen LogP contribution in [0.25, 0.3) is 0 Å². The molecule has 0 aliphatic carbocycles. The van der Waals surface area contributed by atoms with Gasteiger partial charge in [-0.25, -0.2) is 13.2 Å². The highest BCUT2D eigenvalue weighted by Crippen LogP contribution is 2.14. The molecule has 1 aromatic rings. The van der Waals surface area contributed by atoms with Gasteiger partial charge in [0.25, 0.3) is 5.91 Å². The van der Waals surface area contributed by atoms with Crippen molar-refractivity contribution in [2.24, 2.45) is 0 Å². The number of carbonyl (C=O) groups excluding carboxylic acids is 1. The lowest BCUT2D eigenvalue weighted by molar-refractivity contribution is 0.0943. The molecule has 1 amide bonds. The Kier molecular flexibility index (Phi) is 6.29. The molecular weight excluding hydrogens is 293 g/mol. The number of rotatable bonds is 4. The molecule has 0 radical (unpaired) electrons. The molecule has 20 heavy (non-hydrogen) atoms. The number of hydrogen-bond acceptors (Lipinski definition) is 2. The molecule has 1 aliphatic heterocycles. The first-order chi connectivity index (χ1) is 9.08. The zero-order chi connectivity index (χ0) is 13.8. The molecule has 1 saturated heterocycles. The maximum absolute atomic E-state index is 13.3. The minimum atomic E-state index is -1.19. The third-order valence-electron chi connectivity index (χ3n) is 3.17. The second kappa shape index (κ2) is 7.50. The number of benzene rings is 1. The largest absolute Gasteiger partial charge is 0.352 e. The van der Waals surface area contributed by atoms with E-state index in [0.717, 1.165) is 19.4 Å². The quantitative estimate of drug-likeness (QED) is 0.897. The van der Waals surface area contributed by atoms with Crippen molar-refractivity contribution in [1.29, 1.82) is 0 Å². The van der Waals surface area contributed by atoms with Crippen molar-refractivity contribution in [1.82, 2.24) is 10.6 Å². The van der Waals surface area contributed by atoms with Gasteiger partial charge >= 0.3 is 0 Å². The summed E-state index contributed by atoms with van der Waals surface area (Å²) >= 11 is 0. The molecule has 0 unspecified atom stereocenters. The van der Waals surface area contributed by atoms with Crippen LogP contribution in [0.1, 0.15) is 29.6 Å². The predicted octanol–water partition coefficient (Wildman–Crippen LogP) is 2.40.